The maximum Gasteiger partial charge on any atom is 0.335 e. The third-order valence-electron chi connectivity index (χ3n) is 2.53. The van der Waals surface area contributed by atoms with Gasteiger partial charge in [0.2, 0.25) is 0 Å². The van der Waals surface area contributed by atoms with Crippen LogP contribution in [0.3, 0.4) is 0 Å². The number of carboxylic acids is 1. The van der Waals surface area contributed by atoms with Crippen molar-refractivity contribution in [2.75, 3.05) is 7.11 Å². The number of ether oxygens (including phenoxy) is 1. The van der Waals surface area contributed by atoms with Gasteiger partial charge in [-0.25, -0.2) is 4.79 Å². The maximum atomic E-state index is 10.9. The lowest BCUT2D eigenvalue weighted by Gasteiger charge is -2.04. The predicted molar refractivity (Wildman–Crippen MR) is 76.7 cm³/mol. The first-order chi connectivity index (χ1) is 9.20. The Morgan fingerprint density at radius 2 is 1.63 bits per heavy atom. The van der Waals surface area contributed by atoms with E-state index in [1.165, 1.54) is 0 Å². The molecule has 0 aliphatic heterocycles. The maximum absolute atomic E-state index is 10.9. The standard InChI is InChI=1S/C14H12O3.C2H6/c1-17-13-7-5-10(6-8-13)11-3-2-4-12(9-11)14(15)16;1-2/h2-9H,1H3,(H,15,16);1-2H3. The smallest absolute Gasteiger partial charge is 0.335 e. The van der Waals surface area contributed by atoms with Gasteiger partial charge in [-0.05, 0) is 35.4 Å². The van der Waals surface area contributed by atoms with Crippen LogP contribution in [0.1, 0.15) is 24.2 Å². The van der Waals surface area contributed by atoms with Crippen molar-refractivity contribution in [3.8, 4) is 16.9 Å². The van der Waals surface area contributed by atoms with Gasteiger partial charge in [0.25, 0.3) is 0 Å². The summed E-state index contributed by atoms with van der Waals surface area (Å²) in [6, 6.07) is 14.4. The lowest BCUT2D eigenvalue weighted by Crippen LogP contribution is -1.95. The van der Waals surface area contributed by atoms with Crippen molar-refractivity contribution in [3.05, 3.63) is 54.1 Å². The molecule has 0 aromatic heterocycles. The highest BCUT2D eigenvalue weighted by Crippen LogP contribution is 2.23. The van der Waals surface area contributed by atoms with E-state index in [-0.39, 0.29) is 0 Å². The van der Waals surface area contributed by atoms with E-state index in [0.717, 1.165) is 16.9 Å². The molecule has 0 bridgehead atoms. The molecular formula is C16H18O3. The minimum absolute atomic E-state index is 0.290. The highest BCUT2D eigenvalue weighted by atomic mass is 16.5. The summed E-state index contributed by atoms with van der Waals surface area (Å²) in [7, 11) is 1.61. The molecule has 100 valence electrons. The largest absolute Gasteiger partial charge is 0.497 e. The first kappa shape index (κ1) is 14.8. The first-order valence-electron chi connectivity index (χ1n) is 6.18. The molecule has 0 atom stereocenters. The summed E-state index contributed by atoms with van der Waals surface area (Å²) in [4.78, 5) is 10.9. The minimum atomic E-state index is -0.916. The molecule has 0 saturated carbocycles. The Kier molecular flexibility index (Phi) is 5.61. The number of rotatable bonds is 3. The number of aromatic carboxylic acids is 1. The highest BCUT2D eigenvalue weighted by molar-refractivity contribution is 5.89. The number of methoxy groups -OCH3 is 1. The van der Waals surface area contributed by atoms with Gasteiger partial charge in [0.1, 0.15) is 5.75 Å². The van der Waals surface area contributed by atoms with E-state index in [9.17, 15) is 4.79 Å². The van der Waals surface area contributed by atoms with E-state index >= 15 is 0 Å². The Balaban J connectivity index is 0.000000861. The summed E-state index contributed by atoms with van der Waals surface area (Å²) in [6.07, 6.45) is 0. The normalized spacial score (nSPS) is 9.21. The SMILES string of the molecule is CC.COc1ccc(-c2cccc(C(=O)O)c2)cc1. The molecule has 19 heavy (non-hydrogen) atoms. The topological polar surface area (TPSA) is 46.5 Å². The fraction of sp³-hybridized carbons (Fsp3) is 0.188. The van der Waals surface area contributed by atoms with Gasteiger partial charge in [0, 0.05) is 0 Å². The molecule has 3 heteroatoms. The molecule has 0 aliphatic carbocycles. The molecule has 0 amide bonds. The van der Waals surface area contributed by atoms with Gasteiger partial charge in [-0.2, -0.15) is 0 Å². The molecule has 0 heterocycles. The molecule has 0 radical (unpaired) electrons. The first-order valence-corrected chi connectivity index (χ1v) is 6.18. The summed E-state index contributed by atoms with van der Waals surface area (Å²) in [5.74, 6) is -0.136. The average Bonchev–Trinajstić information content (AvgIpc) is 2.49. The molecule has 0 aliphatic rings. The fourth-order valence-electron chi connectivity index (χ4n) is 1.62. The molecule has 2 aromatic carbocycles. The van der Waals surface area contributed by atoms with Crippen molar-refractivity contribution in [2.24, 2.45) is 0 Å². The Labute approximate surface area is 113 Å². The fourth-order valence-corrected chi connectivity index (χ4v) is 1.62. The average molecular weight is 258 g/mol. The van der Waals surface area contributed by atoms with Gasteiger partial charge in [0.05, 0.1) is 12.7 Å². The van der Waals surface area contributed by atoms with Crippen LogP contribution in [0, 0.1) is 0 Å². The minimum Gasteiger partial charge on any atom is -0.497 e. The van der Waals surface area contributed by atoms with Crippen LogP contribution in [0.15, 0.2) is 48.5 Å². The molecule has 0 saturated heterocycles. The zero-order chi connectivity index (χ0) is 14.3. The van der Waals surface area contributed by atoms with E-state index in [1.807, 2.05) is 44.2 Å². The summed E-state index contributed by atoms with van der Waals surface area (Å²) in [6.45, 7) is 4.00. The number of carbonyl (C=O) groups is 1. The van der Waals surface area contributed by atoms with E-state index in [1.54, 1.807) is 25.3 Å². The second-order valence-corrected chi connectivity index (χ2v) is 3.61. The summed E-state index contributed by atoms with van der Waals surface area (Å²) in [5, 5.41) is 8.92. The quantitative estimate of drug-likeness (QED) is 0.902. The number of carboxylic acid groups (broad SMARTS) is 1. The lowest BCUT2D eigenvalue weighted by atomic mass is 10.0. The summed E-state index contributed by atoms with van der Waals surface area (Å²) < 4.78 is 5.07. The molecule has 2 rings (SSSR count). The van der Waals surface area contributed by atoms with Gasteiger partial charge < -0.3 is 9.84 Å². The van der Waals surface area contributed by atoms with E-state index in [0.29, 0.717) is 5.56 Å². The Morgan fingerprint density at radius 3 is 2.16 bits per heavy atom. The van der Waals surface area contributed by atoms with Gasteiger partial charge >= 0.3 is 5.97 Å². The van der Waals surface area contributed by atoms with Gasteiger partial charge in [-0.15, -0.1) is 0 Å². The van der Waals surface area contributed by atoms with Crippen molar-refractivity contribution in [3.63, 3.8) is 0 Å². The van der Waals surface area contributed by atoms with Crippen molar-refractivity contribution in [1.29, 1.82) is 0 Å². The van der Waals surface area contributed by atoms with Crippen molar-refractivity contribution < 1.29 is 14.6 Å². The van der Waals surface area contributed by atoms with E-state index in [4.69, 9.17) is 9.84 Å². The Bertz CT molecular complexity index is 530. The van der Waals surface area contributed by atoms with Crippen molar-refractivity contribution in [2.45, 2.75) is 13.8 Å². The van der Waals surface area contributed by atoms with Crippen LogP contribution in [0.25, 0.3) is 11.1 Å². The van der Waals surface area contributed by atoms with Gasteiger partial charge in [-0.1, -0.05) is 38.1 Å². The third-order valence-corrected chi connectivity index (χ3v) is 2.53. The van der Waals surface area contributed by atoms with Gasteiger partial charge in [0.15, 0.2) is 0 Å². The molecule has 2 aromatic rings. The third kappa shape index (κ3) is 3.85. The molecule has 0 unspecified atom stereocenters. The van der Waals surface area contributed by atoms with Crippen molar-refractivity contribution in [1.82, 2.24) is 0 Å². The van der Waals surface area contributed by atoms with Crippen LogP contribution >= 0.6 is 0 Å². The zero-order valence-electron chi connectivity index (χ0n) is 11.4. The highest BCUT2D eigenvalue weighted by Gasteiger charge is 2.04. The van der Waals surface area contributed by atoms with E-state index in [2.05, 4.69) is 0 Å². The van der Waals surface area contributed by atoms with Crippen LogP contribution in [0.5, 0.6) is 5.75 Å². The van der Waals surface area contributed by atoms with Crippen LogP contribution in [0.2, 0.25) is 0 Å². The second-order valence-electron chi connectivity index (χ2n) is 3.61. The molecule has 0 spiro atoms. The Hall–Kier alpha value is -2.29. The summed E-state index contributed by atoms with van der Waals surface area (Å²) in [5.41, 5.74) is 2.14. The Morgan fingerprint density at radius 1 is 1.00 bits per heavy atom. The predicted octanol–water partition coefficient (Wildman–Crippen LogP) is 4.09. The van der Waals surface area contributed by atoms with Crippen LogP contribution < -0.4 is 4.74 Å². The van der Waals surface area contributed by atoms with Crippen molar-refractivity contribution >= 4 is 5.97 Å². The number of benzene rings is 2. The lowest BCUT2D eigenvalue weighted by molar-refractivity contribution is 0.0697. The summed E-state index contributed by atoms with van der Waals surface area (Å²) >= 11 is 0. The van der Waals surface area contributed by atoms with Crippen LogP contribution in [-0.2, 0) is 0 Å². The zero-order valence-corrected chi connectivity index (χ0v) is 11.4. The monoisotopic (exact) mass is 258 g/mol. The molecule has 0 fully saturated rings. The molecule has 3 nitrogen and oxygen atoms in total. The van der Waals surface area contributed by atoms with Crippen LogP contribution in [-0.4, -0.2) is 18.2 Å². The second kappa shape index (κ2) is 7.21. The van der Waals surface area contributed by atoms with Gasteiger partial charge in [-0.3, -0.25) is 0 Å². The van der Waals surface area contributed by atoms with Crippen LogP contribution in [0.4, 0.5) is 0 Å². The molecular weight excluding hydrogens is 240 g/mol. The number of hydrogen-bond acceptors (Lipinski definition) is 2. The molecule has 1 N–H and O–H groups in total. The number of hydrogen-bond donors (Lipinski definition) is 1. The van der Waals surface area contributed by atoms with E-state index < -0.39 is 5.97 Å².